The van der Waals surface area contributed by atoms with Crippen molar-refractivity contribution in [2.75, 3.05) is 33.2 Å². The predicted molar refractivity (Wildman–Crippen MR) is 167 cm³/mol. The molecule has 1 unspecified atom stereocenters. The summed E-state index contributed by atoms with van der Waals surface area (Å²) in [6.45, 7) is 4.70. The van der Waals surface area contributed by atoms with Gasteiger partial charge in [0.1, 0.15) is 6.04 Å². The number of rotatable bonds is 11. The molecular formula is C33H42N4O4S. The fourth-order valence-corrected chi connectivity index (χ4v) is 6.31. The average Bonchev–Trinajstić information content (AvgIpc) is 2.99. The minimum Gasteiger partial charge on any atom is -0.348 e. The maximum absolute atomic E-state index is 13.8. The van der Waals surface area contributed by atoms with Gasteiger partial charge in [-0.25, -0.2) is 13.2 Å². The summed E-state index contributed by atoms with van der Waals surface area (Å²) >= 11 is 0. The van der Waals surface area contributed by atoms with E-state index in [0.717, 1.165) is 30.6 Å². The van der Waals surface area contributed by atoms with Crippen LogP contribution in [-0.2, 0) is 27.5 Å². The Kier molecular flexibility index (Phi) is 11.1. The summed E-state index contributed by atoms with van der Waals surface area (Å²) in [7, 11) is -1.66. The number of hydrogen-bond donors (Lipinski definition) is 2. The molecule has 3 atom stereocenters. The Labute approximate surface area is 250 Å². The van der Waals surface area contributed by atoms with Crippen molar-refractivity contribution in [3.63, 3.8) is 0 Å². The lowest BCUT2D eigenvalue weighted by Crippen LogP contribution is -2.56. The lowest BCUT2D eigenvalue weighted by Gasteiger charge is -2.33. The molecule has 2 aliphatic rings. The first-order valence-corrected chi connectivity index (χ1v) is 16.2. The second kappa shape index (κ2) is 15.0. The Morgan fingerprint density at radius 2 is 1.60 bits per heavy atom. The molecule has 1 aliphatic heterocycles. The molecule has 0 radical (unpaired) electrons. The molecule has 0 spiro atoms. The van der Waals surface area contributed by atoms with Crippen LogP contribution in [0.5, 0.6) is 0 Å². The van der Waals surface area contributed by atoms with Crippen LogP contribution in [0, 0.1) is 5.92 Å². The van der Waals surface area contributed by atoms with Gasteiger partial charge in [0.2, 0.25) is 5.91 Å². The van der Waals surface area contributed by atoms with Gasteiger partial charge < -0.3 is 20.4 Å². The van der Waals surface area contributed by atoms with Gasteiger partial charge in [-0.1, -0.05) is 85.8 Å². The first-order valence-electron chi connectivity index (χ1n) is 14.6. The SMILES string of the molecule is CC1C=C(S(=O)(=O)/C=C/[C@H](CCc2ccccc2)NC(=O)[C@H](Cc2ccccc2)NC(=O)N2CCN(C)CC2)C=CC1. The van der Waals surface area contributed by atoms with Crippen molar-refractivity contribution >= 4 is 21.8 Å². The van der Waals surface area contributed by atoms with Crippen molar-refractivity contribution < 1.29 is 18.0 Å². The quantitative estimate of drug-likeness (QED) is 0.411. The highest BCUT2D eigenvalue weighted by Gasteiger charge is 2.27. The number of amides is 3. The second-order valence-electron chi connectivity index (χ2n) is 11.2. The largest absolute Gasteiger partial charge is 0.348 e. The molecule has 224 valence electrons. The van der Waals surface area contributed by atoms with E-state index in [9.17, 15) is 18.0 Å². The Morgan fingerprint density at radius 3 is 2.24 bits per heavy atom. The third-order valence-corrected chi connectivity index (χ3v) is 9.10. The van der Waals surface area contributed by atoms with E-state index in [2.05, 4.69) is 15.5 Å². The number of aryl methyl sites for hydroxylation is 1. The molecule has 1 heterocycles. The van der Waals surface area contributed by atoms with E-state index >= 15 is 0 Å². The van der Waals surface area contributed by atoms with Gasteiger partial charge in [0, 0.05) is 44.0 Å². The van der Waals surface area contributed by atoms with Gasteiger partial charge in [0.25, 0.3) is 0 Å². The zero-order valence-corrected chi connectivity index (χ0v) is 25.3. The average molecular weight is 591 g/mol. The smallest absolute Gasteiger partial charge is 0.318 e. The van der Waals surface area contributed by atoms with Gasteiger partial charge in [-0.3, -0.25) is 4.79 Å². The molecule has 2 aromatic rings. The summed E-state index contributed by atoms with van der Waals surface area (Å²) < 4.78 is 26.3. The molecule has 0 aromatic heterocycles. The maximum atomic E-state index is 13.8. The van der Waals surface area contributed by atoms with Crippen LogP contribution in [0.4, 0.5) is 4.79 Å². The zero-order chi connectivity index (χ0) is 30.0. The maximum Gasteiger partial charge on any atom is 0.318 e. The van der Waals surface area contributed by atoms with Crippen LogP contribution in [0.3, 0.4) is 0 Å². The van der Waals surface area contributed by atoms with Crippen molar-refractivity contribution in [1.29, 1.82) is 0 Å². The Hall–Kier alpha value is -3.69. The van der Waals surface area contributed by atoms with Gasteiger partial charge in [-0.15, -0.1) is 0 Å². The summed E-state index contributed by atoms with van der Waals surface area (Å²) in [6.07, 6.45) is 9.10. The van der Waals surface area contributed by atoms with Crippen molar-refractivity contribution in [1.82, 2.24) is 20.4 Å². The van der Waals surface area contributed by atoms with E-state index < -0.39 is 21.9 Å². The number of nitrogens with zero attached hydrogens (tertiary/aromatic N) is 2. The lowest BCUT2D eigenvalue weighted by atomic mass is 10.0. The van der Waals surface area contributed by atoms with Crippen LogP contribution in [0.25, 0.3) is 0 Å². The summed E-state index contributed by atoms with van der Waals surface area (Å²) in [5, 5.41) is 7.19. The molecule has 9 heteroatoms. The molecule has 1 saturated heterocycles. The van der Waals surface area contributed by atoms with E-state index in [1.807, 2.05) is 80.7 Å². The first-order chi connectivity index (χ1) is 20.2. The fourth-order valence-electron chi connectivity index (χ4n) is 5.04. The zero-order valence-electron chi connectivity index (χ0n) is 24.5. The Morgan fingerprint density at radius 1 is 0.952 bits per heavy atom. The Bertz CT molecular complexity index is 1380. The topological polar surface area (TPSA) is 98.8 Å². The van der Waals surface area contributed by atoms with Gasteiger partial charge in [-0.2, -0.15) is 0 Å². The second-order valence-corrected chi connectivity index (χ2v) is 13.0. The minimum atomic E-state index is -3.67. The van der Waals surface area contributed by atoms with Crippen molar-refractivity contribution in [3.05, 3.63) is 106 Å². The van der Waals surface area contributed by atoms with Crippen molar-refractivity contribution in [2.24, 2.45) is 5.92 Å². The van der Waals surface area contributed by atoms with E-state index in [1.54, 1.807) is 23.1 Å². The predicted octanol–water partition coefficient (Wildman–Crippen LogP) is 4.08. The van der Waals surface area contributed by atoms with E-state index in [0.29, 0.717) is 32.4 Å². The van der Waals surface area contributed by atoms with E-state index in [1.165, 1.54) is 5.41 Å². The third-order valence-electron chi connectivity index (χ3n) is 7.66. The van der Waals surface area contributed by atoms with Gasteiger partial charge in [0.15, 0.2) is 9.84 Å². The number of carbonyl (C=O) groups is 2. The van der Waals surface area contributed by atoms with E-state index in [-0.39, 0.29) is 22.8 Å². The third kappa shape index (κ3) is 9.42. The number of benzene rings is 2. The summed E-state index contributed by atoms with van der Waals surface area (Å²) in [5.41, 5.74) is 2.00. The standard InChI is InChI=1S/C33H42N4O4S/c1-26-10-9-15-30(24-26)42(40,41)23-18-29(17-16-27-11-5-3-6-12-27)34-32(38)31(25-28-13-7-4-8-14-28)35-33(39)37-21-19-36(2)20-22-37/h3-9,11-15,18,23-24,26,29,31H,10,16-17,19-22,25H2,1-2H3,(H,34,38)(H,35,39)/b23-18+/t26?,29-,31-/m0/s1. The van der Waals surface area contributed by atoms with Crippen LogP contribution in [0.15, 0.2) is 95.3 Å². The molecule has 2 aromatic carbocycles. The summed E-state index contributed by atoms with van der Waals surface area (Å²) in [5.74, 6) is -0.212. The molecule has 0 bridgehead atoms. The molecule has 8 nitrogen and oxygen atoms in total. The van der Waals surface area contributed by atoms with Crippen LogP contribution in [0.1, 0.15) is 30.9 Å². The summed E-state index contributed by atoms with van der Waals surface area (Å²) in [6, 6.07) is 17.8. The van der Waals surface area contributed by atoms with Crippen molar-refractivity contribution in [3.8, 4) is 0 Å². The highest BCUT2D eigenvalue weighted by Crippen LogP contribution is 2.22. The van der Waals surface area contributed by atoms with Gasteiger partial charge >= 0.3 is 6.03 Å². The number of carbonyl (C=O) groups excluding carboxylic acids is 2. The van der Waals surface area contributed by atoms with Crippen LogP contribution in [-0.4, -0.2) is 75.5 Å². The fraction of sp³-hybridized carbons (Fsp3) is 0.394. The minimum absolute atomic E-state index is 0.143. The number of allylic oxidation sites excluding steroid dienone is 3. The van der Waals surface area contributed by atoms with Gasteiger partial charge in [0.05, 0.1) is 4.91 Å². The number of hydrogen-bond acceptors (Lipinski definition) is 5. The van der Waals surface area contributed by atoms with Crippen LogP contribution >= 0.6 is 0 Å². The number of piperazine rings is 1. The molecule has 1 fully saturated rings. The molecule has 2 N–H and O–H groups in total. The van der Waals surface area contributed by atoms with E-state index in [4.69, 9.17) is 0 Å². The van der Waals surface area contributed by atoms with Crippen LogP contribution in [0.2, 0.25) is 0 Å². The molecular weight excluding hydrogens is 548 g/mol. The van der Waals surface area contributed by atoms with Crippen molar-refractivity contribution in [2.45, 2.75) is 44.7 Å². The van der Waals surface area contributed by atoms with Gasteiger partial charge in [-0.05, 0) is 49.4 Å². The molecule has 42 heavy (non-hydrogen) atoms. The molecule has 4 rings (SSSR count). The molecule has 0 saturated carbocycles. The number of sulfone groups is 1. The molecule has 1 aliphatic carbocycles. The summed E-state index contributed by atoms with van der Waals surface area (Å²) in [4.78, 5) is 31.1. The van der Waals surface area contributed by atoms with Crippen LogP contribution < -0.4 is 10.6 Å². The highest BCUT2D eigenvalue weighted by molar-refractivity contribution is 7.98. The first kappa shape index (κ1) is 31.3. The lowest BCUT2D eigenvalue weighted by molar-refractivity contribution is -0.123. The number of urea groups is 1. The molecule has 3 amide bonds. The monoisotopic (exact) mass is 590 g/mol. The normalized spacial score (nSPS) is 19.2. The highest BCUT2D eigenvalue weighted by atomic mass is 32.2. The number of likely N-dealkylation sites (N-methyl/N-ethyl adjacent to an activating group) is 1. The Balaban J connectivity index is 1.53. The number of nitrogens with one attached hydrogen (secondary N) is 2.